The van der Waals surface area contributed by atoms with E-state index in [0.29, 0.717) is 24.0 Å². The van der Waals surface area contributed by atoms with Gasteiger partial charge in [-0.05, 0) is 48.5 Å². The first-order chi connectivity index (χ1) is 16.9. The first kappa shape index (κ1) is 26.6. The number of esters is 1. The second-order valence-electron chi connectivity index (χ2n) is 7.93. The summed E-state index contributed by atoms with van der Waals surface area (Å²) in [6, 6.07) is 12.8. The molecule has 186 valence electrons. The molecule has 0 saturated heterocycles. The van der Waals surface area contributed by atoms with E-state index < -0.39 is 23.7 Å². The Hall–Kier alpha value is -2.97. The molecule has 1 unspecified atom stereocenters. The molecule has 35 heavy (non-hydrogen) atoms. The Morgan fingerprint density at radius 2 is 1.94 bits per heavy atom. The van der Waals surface area contributed by atoms with Gasteiger partial charge in [-0.25, -0.2) is 14.4 Å². The second kappa shape index (κ2) is 13.2. The maximum atomic E-state index is 12.9. The molecule has 0 aliphatic rings. The number of rotatable bonds is 11. The summed E-state index contributed by atoms with van der Waals surface area (Å²) in [5, 5.41) is 3.47. The largest absolute Gasteiger partial charge is 0.445 e. The van der Waals surface area contributed by atoms with Gasteiger partial charge in [-0.2, -0.15) is 11.8 Å². The molecule has 1 aromatic heterocycles. The van der Waals surface area contributed by atoms with E-state index in [9.17, 15) is 14.4 Å². The summed E-state index contributed by atoms with van der Waals surface area (Å²) in [6.45, 7) is 2.14. The van der Waals surface area contributed by atoms with Crippen LogP contribution in [0.5, 0.6) is 5.75 Å². The van der Waals surface area contributed by atoms with Gasteiger partial charge >= 0.3 is 17.7 Å². The first-order valence-corrected chi connectivity index (χ1v) is 13.1. The molecule has 0 bridgehead atoms. The van der Waals surface area contributed by atoms with Gasteiger partial charge in [0, 0.05) is 17.5 Å². The number of fused-ring (bicyclic) bond motifs is 1. The molecular weight excluding hydrogens is 490 g/mol. The van der Waals surface area contributed by atoms with Crippen LogP contribution in [-0.2, 0) is 22.6 Å². The van der Waals surface area contributed by atoms with Crippen molar-refractivity contribution >= 4 is 46.4 Å². The third-order valence-electron chi connectivity index (χ3n) is 5.29. The maximum Gasteiger partial charge on any atom is 0.408 e. The van der Waals surface area contributed by atoms with Crippen molar-refractivity contribution < 1.29 is 23.5 Å². The molecule has 0 radical (unpaired) electrons. The molecule has 9 heteroatoms. The summed E-state index contributed by atoms with van der Waals surface area (Å²) in [6.07, 6.45) is 4.10. The van der Waals surface area contributed by atoms with Crippen LogP contribution in [0.3, 0.4) is 0 Å². The molecular formula is C26H28ClNO6S. The Kier molecular flexibility index (Phi) is 10.0. The maximum absolute atomic E-state index is 12.9. The molecule has 0 spiro atoms. The van der Waals surface area contributed by atoms with Gasteiger partial charge in [0.05, 0.1) is 5.02 Å². The minimum absolute atomic E-state index is 0.0496. The highest BCUT2D eigenvalue weighted by atomic mass is 35.5. The average molecular weight is 518 g/mol. The lowest BCUT2D eigenvalue weighted by Crippen LogP contribution is -2.43. The molecule has 7 nitrogen and oxygen atoms in total. The number of unbranched alkanes of at least 4 members (excludes halogenated alkanes) is 1. The summed E-state index contributed by atoms with van der Waals surface area (Å²) in [4.78, 5) is 37.3. The van der Waals surface area contributed by atoms with Gasteiger partial charge in [0.15, 0.2) is 5.75 Å². The number of thioether (sulfide) groups is 1. The van der Waals surface area contributed by atoms with Gasteiger partial charge in [-0.1, -0.05) is 55.3 Å². The van der Waals surface area contributed by atoms with Crippen molar-refractivity contribution in [2.75, 3.05) is 12.0 Å². The number of carbonyl (C=O) groups excluding carboxylic acids is 2. The fourth-order valence-electron chi connectivity index (χ4n) is 3.45. The zero-order valence-electron chi connectivity index (χ0n) is 19.7. The molecule has 1 heterocycles. The van der Waals surface area contributed by atoms with Crippen LogP contribution in [0.15, 0.2) is 57.7 Å². The van der Waals surface area contributed by atoms with Crippen LogP contribution in [0.2, 0.25) is 5.02 Å². The molecule has 0 fully saturated rings. The van der Waals surface area contributed by atoms with Crippen LogP contribution in [0.1, 0.15) is 37.3 Å². The van der Waals surface area contributed by atoms with Crippen molar-refractivity contribution in [2.24, 2.45) is 0 Å². The smallest absolute Gasteiger partial charge is 0.408 e. The van der Waals surface area contributed by atoms with Gasteiger partial charge < -0.3 is 19.2 Å². The number of ether oxygens (including phenoxy) is 2. The Morgan fingerprint density at radius 1 is 1.17 bits per heavy atom. The summed E-state index contributed by atoms with van der Waals surface area (Å²) in [7, 11) is 0. The fraction of sp³-hybridized carbons (Fsp3) is 0.346. The SMILES string of the molecule is CCCCc1cc(=O)oc2cc(OC(=O)C(CCSC)NC(=O)OCc3ccccc3)c(Cl)cc12. The van der Waals surface area contributed by atoms with E-state index in [1.54, 1.807) is 6.07 Å². The Morgan fingerprint density at radius 3 is 2.66 bits per heavy atom. The monoisotopic (exact) mass is 517 g/mol. The standard InChI is InChI=1S/C26H28ClNO6S/c1-3-4-10-18-13-24(29)33-22-15-23(20(27)14-19(18)22)34-25(30)21(11-12-35-2)28-26(31)32-16-17-8-6-5-7-9-17/h5-9,13-15,21H,3-4,10-12,16H2,1-2H3,(H,28,31). The van der Waals surface area contributed by atoms with Crippen molar-refractivity contribution in [2.45, 2.75) is 45.3 Å². The van der Waals surface area contributed by atoms with E-state index in [1.165, 1.54) is 23.9 Å². The van der Waals surface area contributed by atoms with E-state index in [1.807, 2.05) is 36.6 Å². The van der Waals surface area contributed by atoms with Crippen LogP contribution in [0, 0.1) is 0 Å². The highest BCUT2D eigenvalue weighted by molar-refractivity contribution is 7.98. The van der Waals surface area contributed by atoms with Crippen LogP contribution in [0.25, 0.3) is 11.0 Å². The average Bonchev–Trinajstić information content (AvgIpc) is 2.85. The van der Waals surface area contributed by atoms with Crippen LogP contribution >= 0.6 is 23.4 Å². The van der Waals surface area contributed by atoms with E-state index in [-0.39, 0.29) is 23.0 Å². The summed E-state index contributed by atoms with van der Waals surface area (Å²) >= 11 is 7.94. The summed E-state index contributed by atoms with van der Waals surface area (Å²) in [5.41, 5.74) is 1.46. The number of hydrogen-bond acceptors (Lipinski definition) is 7. The quantitative estimate of drug-likeness (QED) is 0.197. The molecule has 0 aliphatic heterocycles. The number of hydrogen-bond donors (Lipinski definition) is 1. The molecule has 0 aliphatic carbocycles. The zero-order chi connectivity index (χ0) is 25.2. The van der Waals surface area contributed by atoms with E-state index >= 15 is 0 Å². The lowest BCUT2D eigenvalue weighted by Gasteiger charge is -2.18. The molecule has 3 aromatic rings. The normalized spacial score (nSPS) is 11.7. The van der Waals surface area contributed by atoms with Gasteiger partial charge in [0.2, 0.25) is 0 Å². The van der Waals surface area contributed by atoms with Gasteiger partial charge in [0.1, 0.15) is 18.2 Å². The van der Waals surface area contributed by atoms with E-state index in [4.69, 9.17) is 25.5 Å². The third kappa shape index (κ3) is 7.77. The van der Waals surface area contributed by atoms with Gasteiger partial charge in [-0.15, -0.1) is 0 Å². The second-order valence-corrected chi connectivity index (χ2v) is 9.33. The van der Waals surface area contributed by atoms with Crippen molar-refractivity contribution in [3.05, 3.63) is 75.1 Å². The molecule has 1 N–H and O–H groups in total. The minimum Gasteiger partial charge on any atom is -0.445 e. The number of aryl methyl sites for hydroxylation is 1. The van der Waals surface area contributed by atoms with Crippen molar-refractivity contribution in [1.82, 2.24) is 5.32 Å². The number of benzene rings is 2. The van der Waals surface area contributed by atoms with Crippen molar-refractivity contribution in [1.29, 1.82) is 0 Å². The summed E-state index contributed by atoms with van der Waals surface area (Å²) < 4.78 is 16.1. The van der Waals surface area contributed by atoms with Crippen molar-refractivity contribution in [3.63, 3.8) is 0 Å². The molecule has 0 saturated carbocycles. The van der Waals surface area contributed by atoms with Crippen molar-refractivity contribution in [3.8, 4) is 5.75 Å². The summed E-state index contributed by atoms with van der Waals surface area (Å²) in [5.74, 6) is -0.0326. The lowest BCUT2D eigenvalue weighted by molar-refractivity contribution is -0.136. The van der Waals surface area contributed by atoms with E-state index in [0.717, 1.165) is 24.0 Å². The number of alkyl carbamates (subject to hydrolysis) is 1. The predicted octanol–water partition coefficient (Wildman–Crippen LogP) is 5.74. The first-order valence-electron chi connectivity index (χ1n) is 11.4. The molecule has 3 rings (SSSR count). The number of carbonyl (C=O) groups is 2. The molecule has 2 aromatic carbocycles. The van der Waals surface area contributed by atoms with Crippen LogP contribution in [0.4, 0.5) is 4.79 Å². The number of nitrogens with one attached hydrogen (secondary N) is 1. The molecule has 1 atom stereocenters. The Labute approximate surface area is 213 Å². The highest BCUT2D eigenvalue weighted by Gasteiger charge is 2.25. The number of halogens is 1. The Bertz CT molecular complexity index is 1210. The topological polar surface area (TPSA) is 94.8 Å². The highest BCUT2D eigenvalue weighted by Crippen LogP contribution is 2.32. The Balaban J connectivity index is 1.74. The predicted molar refractivity (Wildman–Crippen MR) is 138 cm³/mol. The lowest BCUT2D eigenvalue weighted by atomic mass is 10.0. The van der Waals surface area contributed by atoms with Crippen LogP contribution < -0.4 is 15.7 Å². The van der Waals surface area contributed by atoms with Gasteiger partial charge in [0.25, 0.3) is 0 Å². The van der Waals surface area contributed by atoms with Gasteiger partial charge in [-0.3, -0.25) is 0 Å². The van der Waals surface area contributed by atoms with E-state index in [2.05, 4.69) is 12.2 Å². The zero-order valence-corrected chi connectivity index (χ0v) is 21.2. The number of amides is 1. The minimum atomic E-state index is -0.944. The van der Waals surface area contributed by atoms with Crippen LogP contribution in [-0.4, -0.2) is 30.1 Å². The molecule has 1 amide bonds. The fourth-order valence-corrected chi connectivity index (χ4v) is 4.13. The third-order valence-corrected chi connectivity index (χ3v) is 6.23.